The van der Waals surface area contributed by atoms with Gasteiger partial charge in [0.25, 0.3) is 5.91 Å². The van der Waals surface area contributed by atoms with Crippen LogP contribution in [0.5, 0.6) is 5.75 Å². The van der Waals surface area contributed by atoms with Crippen LogP contribution in [0.15, 0.2) is 48.5 Å². The molecule has 3 fully saturated rings. The van der Waals surface area contributed by atoms with E-state index < -0.39 is 136 Å². The number of benzene rings is 2. The van der Waals surface area contributed by atoms with Crippen molar-refractivity contribution in [3.05, 3.63) is 54.1 Å². The average Bonchev–Trinajstić information content (AvgIpc) is 3.24. The van der Waals surface area contributed by atoms with Crippen LogP contribution in [0, 0.1) is 0 Å². The molecular formula is C38H52N2O20. The van der Waals surface area contributed by atoms with Gasteiger partial charge in [0.1, 0.15) is 78.9 Å². The highest BCUT2D eigenvalue weighted by Crippen LogP contribution is 2.33. The van der Waals surface area contributed by atoms with Crippen molar-refractivity contribution in [2.75, 3.05) is 39.6 Å². The Bertz CT molecular complexity index is 1710. The maximum atomic E-state index is 12.6. The van der Waals surface area contributed by atoms with Crippen molar-refractivity contribution >= 4 is 17.8 Å². The Labute approximate surface area is 342 Å². The number of carboxylic acids is 1. The van der Waals surface area contributed by atoms with Crippen LogP contribution in [0.3, 0.4) is 0 Å². The monoisotopic (exact) mass is 856 g/mol. The van der Waals surface area contributed by atoms with Gasteiger partial charge in [-0.05, 0) is 35.7 Å². The molecule has 0 radical (unpaired) electrons. The maximum Gasteiger partial charge on any atom is 0.335 e. The van der Waals surface area contributed by atoms with Crippen LogP contribution in [0.2, 0.25) is 0 Å². The Balaban J connectivity index is 1.16. The highest BCUT2D eigenvalue weighted by molar-refractivity contribution is 5.90. The SMILES string of the molecule is CC(=O)NC1C(O)[C@H](O[C@@H]2OC(CO)[C@H](O)C(O[C@H]3OC(CO)[C@H](O)C(O)C3O)C2O)C(CO)O[C@H]1OCCCNC(=O)COc1cc(C(=O)O)cc(-c2ccccc2)c1. The summed E-state index contributed by atoms with van der Waals surface area (Å²) >= 11 is 0. The first-order valence-corrected chi connectivity index (χ1v) is 19.1. The molecule has 0 aromatic heterocycles. The fourth-order valence-corrected chi connectivity index (χ4v) is 6.88. The minimum atomic E-state index is -1.97. The molecule has 3 aliphatic rings. The second-order valence-electron chi connectivity index (χ2n) is 14.3. The smallest absolute Gasteiger partial charge is 0.335 e. The lowest BCUT2D eigenvalue weighted by molar-refractivity contribution is -0.376. The lowest BCUT2D eigenvalue weighted by Crippen LogP contribution is -2.68. The number of amides is 2. The molecule has 0 aliphatic carbocycles. The molecular weight excluding hydrogens is 804 g/mol. The van der Waals surface area contributed by atoms with Crippen LogP contribution < -0.4 is 15.4 Å². The summed E-state index contributed by atoms with van der Waals surface area (Å²) in [7, 11) is 0. The first-order chi connectivity index (χ1) is 28.7. The number of aliphatic hydroxyl groups is 9. The zero-order valence-electron chi connectivity index (χ0n) is 32.3. The van der Waals surface area contributed by atoms with E-state index in [2.05, 4.69) is 10.6 Å². The van der Waals surface area contributed by atoms with E-state index in [1.165, 1.54) is 12.1 Å². The van der Waals surface area contributed by atoms with Gasteiger partial charge in [0.2, 0.25) is 5.91 Å². The summed E-state index contributed by atoms with van der Waals surface area (Å²) in [6.07, 6.45) is -23.5. The number of nitrogens with one attached hydrogen (secondary N) is 2. The van der Waals surface area contributed by atoms with Crippen LogP contribution >= 0.6 is 0 Å². The molecule has 3 heterocycles. The summed E-state index contributed by atoms with van der Waals surface area (Å²) in [4.78, 5) is 36.5. The van der Waals surface area contributed by atoms with Crippen molar-refractivity contribution in [2.45, 2.75) is 105 Å². The number of carbonyl (C=O) groups is 3. The highest BCUT2D eigenvalue weighted by atomic mass is 16.8. The number of hydrogen-bond donors (Lipinski definition) is 12. The van der Waals surface area contributed by atoms with Gasteiger partial charge in [-0.15, -0.1) is 0 Å². The van der Waals surface area contributed by atoms with E-state index in [0.717, 1.165) is 12.5 Å². The molecule has 12 N–H and O–H groups in total. The van der Waals surface area contributed by atoms with Crippen LogP contribution in [-0.4, -0.2) is 200 Å². The Hall–Kier alpha value is -3.95. The Morgan fingerprint density at radius 3 is 1.93 bits per heavy atom. The minimum Gasteiger partial charge on any atom is -0.484 e. The normalized spacial score (nSPS) is 34.4. The Morgan fingerprint density at radius 2 is 1.30 bits per heavy atom. The fourth-order valence-electron chi connectivity index (χ4n) is 6.88. The lowest BCUT2D eigenvalue weighted by atomic mass is 9.95. The molecule has 0 spiro atoms. The maximum absolute atomic E-state index is 12.6. The van der Waals surface area contributed by atoms with E-state index in [9.17, 15) is 65.4 Å². The van der Waals surface area contributed by atoms with Crippen LogP contribution in [-0.2, 0) is 38.0 Å². The van der Waals surface area contributed by atoms with Crippen molar-refractivity contribution in [3.8, 4) is 16.9 Å². The standard InChI is InChI=1S/C38H52N2O20/c1-17(44)40-26-29(48)33(59-38-32(51)34(28(47)23(14-42)57-38)60-37-31(50)30(49)27(46)22(13-41)56-37)24(15-43)58-36(26)54-9-5-8-39-25(45)16-55-21-11-19(10-20(12-21)35(52)53)18-6-3-2-4-7-18/h2-4,6-7,10-12,22-24,26-34,36-38,41-43,46-51H,5,8-9,13-16H2,1H3,(H,39,45)(H,40,44)(H,52,53)/t22?,23?,24?,26?,27-,28-,29?,30?,31?,32?,33+,34?,36+,37+,38-/m0/s1. The topological polar surface area (TPSA) is 342 Å². The van der Waals surface area contributed by atoms with E-state index >= 15 is 0 Å². The third-order valence-electron chi connectivity index (χ3n) is 10.0. The van der Waals surface area contributed by atoms with Crippen molar-refractivity contribution in [1.29, 1.82) is 0 Å². The van der Waals surface area contributed by atoms with Crippen LogP contribution in [0.4, 0.5) is 0 Å². The van der Waals surface area contributed by atoms with Crippen molar-refractivity contribution in [2.24, 2.45) is 0 Å². The first-order valence-electron chi connectivity index (χ1n) is 19.1. The summed E-state index contributed by atoms with van der Waals surface area (Å²) in [5.41, 5.74) is 1.31. The Kier molecular flexibility index (Phi) is 17.1. The molecule has 3 saturated heterocycles. The summed E-state index contributed by atoms with van der Waals surface area (Å²) in [5.74, 6) is -2.15. The van der Waals surface area contributed by atoms with E-state index in [1.807, 2.05) is 6.07 Å². The Morgan fingerprint density at radius 1 is 0.683 bits per heavy atom. The van der Waals surface area contributed by atoms with Crippen molar-refractivity contribution in [3.63, 3.8) is 0 Å². The molecule has 3 aliphatic heterocycles. The molecule has 2 aromatic carbocycles. The van der Waals surface area contributed by atoms with Crippen molar-refractivity contribution < 1.29 is 98.6 Å². The van der Waals surface area contributed by atoms with Gasteiger partial charge in [-0.2, -0.15) is 0 Å². The second-order valence-corrected chi connectivity index (χ2v) is 14.3. The minimum absolute atomic E-state index is 0.0266. The number of rotatable bonds is 18. The van der Waals surface area contributed by atoms with Crippen LogP contribution in [0.25, 0.3) is 11.1 Å². The first kappa shape index (κ1) is 47.1. The van der Waals surface area contributed by atoms with Gasteiger partial charge in [-0.25, -0.2) is 4.79 Å². The predicted molar refractivity (Wildman–Crippen MR) is 199 cm³/mol. The summed E-state index contributed by atoms with van der Waals surface area (Å²) in [6.45, 7) is -1.76. The van der Waals surface area contributed by atoms with Gasteiger partial charge in [0.05, 0.1) is 32.0 Å². The number of carboxylic acid groups (broad SMARTS) is 1. The summed E-state index contributed by atoms with van der Waals surface area (Å²) in [5, 5.41) is 109. The molecule has 5 rings (SSSR count). The van der Waals surface area contributed by atoms with Crippen LogP contribution in [0.1, 0.15) is 23.7 Å². The summed E-state index contributed by atoms with van der Waals surface area (Å²) < 4.78 is 39.6. The third kappa shape index (κ3) is 11.5. The van der Waals surface area contributed by atoms with Crippen molar-refractivity contribution in [1.82, 2.24) is 10.6 Å². The van der Waals surface area contributed by atoms with E-state index in [1.54, 1.807) is 30.3 Å². The number of ether oxygens (including phenoxy) is 7. The molecule has 334 valence electrons. The molecule has 9 unspecified atom stereocenters. The average molecular weight is 857 g/mol. The summed E-state index contributed by atoms with van der Waals surface area (Å²) in [6, 6.07) is 12.1. The molecule has 22 nitrogen and oxygen atoms in total. The predicted octanol–water partition coefficient (Wildman–Crippen LogP) is -4.45. The zero-order chi connectivity index (χ0) is 43.7. The van der Waals surface area contributed by atoms with Gasteiger partial charge < -0.3 is 94.9 Å². The highest BCUT2D eigenvalue weighted by Gasteiger charge is 2.54. The van der Waals surface area contributed by atoms with Gasteiger partial charge in [0.15, 0.2) is 25.5 Å². The van der Waals surface area contributed by atoms with E-state index in [0.29, 0.717) is 5.56 Å². The number of aromatic carboxylic acids is 1. The fraction of sp³-hybridized carbons (Fsp3) is 0.605. The molecule has 0 saturated carbocycles. The largest absolute Gasteiger partial charge is 0.484 e. The van der Waals surface area contributed by atoms with Gasteiger partial charge in [-0.1, -0.05) is 30.3 Å². The van der Waals surface area contributed by atoms with Gasteiger partial charge in [-0.3, -0.25) is 9.59 Å². The molecule has 0 bridgehead atoms. The lowest BCUT2D eigenvalue weighted by Gasteiger charge is -2.48. The number of hydrogen-bond acceptors (Lipinski definition) is 19. The second kappa shape index (κ2) is 21.7. The zero-order valence-corrected chi connectivity index (χ0v) is 32.3. The van der Waals surface area contributed by atoms with E-state index in [-0.39, 0.29) is 30.9 Å². The molecule has 60 heavy (non-hydrogen) atoms. The molecule has 22 heteroatoms. The molecule has 15 atom stereocenters. The number of carbonyl (C=O) groups excluding carboxylic acids is 2. The number of aliphatic hydroxyl groups excluding tert-OH is 9. The van der Waals surface area contributed by atoms with Gasteiger partial charge >= 0.3 is 5.97 Å². The van der Waals surface area contributed by atoms with E-state index in [4.69, 9.17) is 33.2 Å². The third-order valence-corrected chi connectivity index (χ3v) is 10.0. The van der Waals surface area contributed by atoms with Gasteiger partial charge in [0, 0.05) is 13.5 Å². The quantitative estimate of drug-likeness (QED) is 0.0629. The molecule has 2 aromatic rings. The molecule has 2 amide bonds.